The van der Waals surface area contributed by atoms with Crippen molar-refractivity contribution in [1.29, 1.82) is 0 Å². The van der Waals surface area contributed by atoms with Gasteiger partial charge in [-0.1, -0.05) is 0 Å². The van der Waals surface area contributed by atoms with Crippen LogP contribution in [0.1, 0.15) is 68.6 Å². The number of ether oxygens (including phenoxy) is 2. The molecule has 3 heterocycles. The molecule has 8 heteroatoms. The Labute approximate surface area is 208 Å². The lowest BCUT2D eigenvalue weighted by molar-refractivity contribution is -0.134. The van der Waals surface area contributed by atoms with Gasteiger partial charge in [-0.3, -0.25) is 14.4 Å². The molecule has 192 valence electrons. The molecule has 0 spiro atoms. The van der Waals surface area contributed by atoms with E-state index in [9.17, 15) is 14.4 Å². The van der Waals surface area contributed by atoms with Gasteiger partial charge in [-0.2, -0.15) is 0 Å². The number of benzene rings is 1. The number of carbonyl (C=O) groups is 3. The van der Waals surface area contributed by atoms with Crippen molar-refractivity contribution < 1.29 is 23.9 Å². The van der Waals surface area contributed by atoms with Crippen molar-refractivity contribution in [3.63, 3.8) is 0 Å². The molecule has 3 fully saturated rings. The van der Waals surface area contributed by atoms with E-state index in [1.165, 1.54) is 6.42 Å². The molecule has 3 amide bonds. The number of amides is 3. The predicted octanol–water partition coefficient (Wildman–Crippen LogP) is 3.34. The Morgan fingerprint density at radius 2 is 1.40 bits per heavy atom. The Hall–Kier alpha value is -2.77. The van der Waals surface area contributed by atoms with Crippen LogP contribution in [0, 0.1) is 5.92 Å². The minimum Gasteiger partial charge on any atom is -0.490 e. The van der Waals surface area contributed by atoms with Crippen LogP contribution in [-0.4, -0.2) is 84.9 Å². The fraction of sp³-hybridized carbons (Fsp3) is 0.667. The van der Waals surface area contributed by atoms with E-state index in [0.717, 1.165) is 64.7 Å². The van der Waals surface area contributed by atoms with Gasteiger partial charge >= 0.3 is 0 Å². The van der Waals surface area contributed by atoms with Crippen LogP contribution in [0.15, 0.2) is 18.2 Å². The Morgan fingerprint density at radius 1 is 0.771 bits per heavy atom. The van der Waals surface area contributed by atoms with Crippen molar-refractivity contribution in [2.45, 2.75) is 58.3 Å². The first kappa shape index (κ1) is 25.3. The molecule has 0 bridgehead atoms. The Kier molecular flexibility index (Phi) is 8.88. The van der Waals surface area contributed by atoms with Crippen LogP contribution in [0.25, 0.3) is 0 Å². The quantitative estimate of drug-likeness (QED) is 0.564. The Balaban J connectivity index is 1.30. The van der Waals surface area contributed by atoms with Crippen LogP contribution in [-0.2, 0) is 9.59 Å². The molecule has 0 radical (unpaired) electrons. The molecule has 3 saturated heterocycles. The van der Waals surface area contributed by atoms with E-state index in [4.69, 9.17) is 9.47 Å². The zero-order valence-corrected chi connectivity index (χ0v) is 21.0. The molecule has 35 heavy (non-hydrogen) atoms. The van der Waals surface area contributed by atoms with Crippen molar-refractivity contribution in [2.24, 2.45) is 5.92 Å². The van der Waals surface area contributed by atoms with Gasteiger partial charge in [0, 0.05) is 51.3 Å². The molecule has 3 aliphatic heterocycles. The Bertz CT molecular complexity index is 885. The normalized spacial score (nSPS) is 19.1. The number of rotatable bonds is 8. The second-order valence-corrected chi connectivity index (χ2v) is 9.85. The molecule has 1 aromatic rings. The molecule has 0 unspecified atom stereocenters. The average Bonchev–Trinajstić information content (AvgIpc) is 3.44. The lowest BCUT2D eigenvalue weighted by atomic mass is 9.92. The minimum absolute atomic E-state index is 0.0154. The third-order valence-electron chi connectivity index (χ3n) is 7.37. The van der Waals surface area contributed by atoms with E-state index in [1.807, 2.05) is 21.6 Å². The fourth-order valence-electron chi connectivity index (χ4n) is 5.27. The summed E-state index contributed by atoms with van der Waals surface area (Å²) in [7, 11) is 0. The van der Waals surface area contributed by atoms with E-state index in [2.05, 4.69) is 0 Å². The second-order valence-electron chi connectivity index (χ2n) is 9.85. The summed E-state index contributed by atoms with van der Waals surface area (Å²) in [4.78, 5) is 43.8. The van der Waals surface area contributed by atoms with Crippen molar-refractivity contribution >= 4 is 17.7 Å². The SMILES string of the molecule is CCOc1cc(C(=O)N2CCC(CC(=O)N3CCCC3)CC2)ccc1OCC(=O)N1CCCCC1. The van der Waals surface area contributed by atoms with Gasteiger partial charge in [0.15, 0.2) is 18.1 Å². The lowest BCUT2D eigenvalue weighted by Gasteiger charge is -2.32. The zero-order chi connectivity index (χ0) is 24.6. The number of hydrogen-bond donors (Lipinski definition) is 0. The molecule has 0 N–H and O–H groups in total. The van der Waals surface area contributed by atoms with Crippen molar-refractivity contribution in [3.05, 3.63) is 23.8 Å². The summed E-state index contributed by atoms with van der Waals surface area (Å²) in [5, 5.41) is 0. The lowest BCUT2D eigenvalue weighted by Crippen LogP contribution is -2.40. The highest BCUT2D eigenvalue weighted by Crippen LogP contribution is 2.30. The molecule has 4 rings (SSSR count). The summed E-state index contributed by atoms with van der Waals surface area (Å²) in [6, 6.07) is 5.19. The molecule has 0 aromatic heterocycles. The maximum atomic E-state index is 13.2. The van der Waals surface area contributed by atoms with Crippen LogP contribution in [0.3, 0.4) is 0 Å². The number of nitrogens with zero attached hydrogens (tertiary/aromatic N) is 3. The molecular weight excluding hydrogens is 446 g/mol. The molecule has 3 aliphatic rings. The zero-order valence-electron chi connectivity index (χ0n) is 21.0. The van der Waals surface area contributed by atoms with Gasteiger partial charge in [-0.05, 0) is 76.0 Å². The summed E-state index contributed by atoms with van der Waals surface area (Å²) < 4.78 is 11.5. The Morgan fingerprint density at radius 3 is 2.06 bits per heavy atom. The highest BCUT2D eigenvalue weighted by atomic mass is 16.5. The molecule has 0 atom stereocenters. The van der Waals surface area contributed by atoms with Crippen molar-refractivity contribution in [2.75, 3.05) is 52.5 Å². The van der Waals surface area contributed by atoms with Crippen LogP contribution in [0.4, 0.5) is 0 Å². The summed E-state index contributed by atoms with van der Waals surface area (Å²) in [5.41, 5.74) is 0.551. The first-order valence-electron chi connectivity index (χ1n) is 13.3. The molecule has 1 aromatic carbocycles. The average molecular weight is 486 g/mol. The van der Waals surface area contributed by atoms with Gasteiger partial charge < -0.3 is 24.2 Å². The maximum absolute atomic E-state index is 13.2. The fourth-order valence-corrected chi connectivity index (χ4v) is 5.27. The molecule has 8 nitrogen and oxygen atoms in total. The largest absolute Gasteiger partial charge is 0.490 e. The van der Waals surface area contributed by atoms with E-state index < -0.39 is 0 Å². The van der Waals surface area contributed by atoms with Gasteiger partial charge in [0.05, 0.1) is 6.61 Å². The highest BCUT2D eigenvalue weighted by molar-refractivity contribution is 5.95. The first-order valence-corrected chi connectivity index (χ1v) is 13.3. The van der Waals surface area contributed by atoms with Crippen LogP contribution >= 0.6 is 0 Å². The molecule has 0 saturated carbocycles. The van der Waals surface area contributed by atoms with Gasteiger partial charge in [0.1, 0.15) is 0 Å². The number of piperidine rings is 2. The minimum atomic E-state index is -0.0359. The smallest absolute Gasteiger partial charge is 0.260 e. The highest BCUT2D eigenvalue weighted by Gasteiger charge is 2.28. The van der Waals surface area contributed by atoms with E-state index in [1.54, 1.807) is 18.2 Å². The first-order chi connectivity index (χ1) is 17.0. The topological polar surface area (TPSA) is 79.4 Å². The standard InChI is InChI=1S/C27H39N3O5/c1-2-34-24-19-22(8-9-23(24)35-20-26(32)29-12-4-3-5-13-29)27(33)30-16-10-21(11-17-30)18-25(31)28-14-6-7-15-28/h8-9,19,21H,2-7,10-18,20H2,1H3. The van der Waals surface area contributed by atoms with Gasteiger partial charge in [-0.25, -0.2) is 0 Å². The third-order valence-corrected chi connectivity index (χ3v) is 7.37. The maximum Gasteiger partial charge on any atom is 0.260 e. The van der Waals surface area contributed by atoms with E-state index in [-0.39, 0.29) is 24.3 Å². The number of hydrogen-bond acceptors (Lipinski definition) is 5. The van der Waals surface area contributed by atoms with Crippen LogP contribution < -0.4 is 9.47 Å². The van der Waals surface area contributed by atoms with Crippen molar-refractivity contribution in [3.8, 4) is 11.5 Å². The second kappa shape index (κ2) is 12.3. The summed E-state index contributed by atoms with van der Waals surface area (Å²) in [6.07, 6.45) is 7.77. The van der Waals surface area contributed by atoms with E-state index in [0.29, 0.717) is 49.1 Å². The predicted molar refractivity (Wildman–Crippen MR) is 133 cm³/mol. The third kappa shape index (κ3) is 6.67. The van der Waals surface area contributed by atoms with E-state index >= 15 is 0 Å². The monoisotopic (exact) mass is 485 g/mol. The molecular formula is C27H39N3O5. The van der Waals surface area contributed by atoms with Gasteiger partial charge in [0.25, 0.3) is 11.8 Å². The summed E-state index contributed by atoms with van der Waals surface area (Å²) in [6.45, 7) is 6.96. The van der Waals surface area contributed by atoms with Crippen molar-refractivity contribution in [1.82, 2.24) is 14.7 Å². The number of carbonyl (C=O) groups excluding carboxylic acids is 3. The molecule has 0 aliphatic carbocycles. The van der Waals surface area contributed by atoms with Crippen LogP contribution in [0.2, 0.25) is 0 Å². The number of likely N-dealkylation sites (tertiary alicyclic amines) is 3. The van der Waals surface area contributed by atoms with Gasteiger partial charge in [0.2, 0.25) is 5.91 Å². The van der Waals surface area contributed by atoms with Gasteiger partial charge in [-0.15, -0.1) is 0 Å². The summed E-state index contributed by atoms with van der Waals surface area (Å²) >= 11 is 0. The van der Waals surface area contributed by atoms with Crippen LogP contribution in [0.5, 0.6) is 11.5 Å². The summed E-state index contributed by atoms with van der Waals surface area (Å²) in [5.74, 6) is 1.52.